The Morgan fingerprint density at radius 1 is 1.05 bits per heavy atom. The molecule has 2 heterocycles. The largest absolute Gasteiger partial charge is 0.334 e. The van der Waals surface area contributed by atoms with Gasteiger partial charge in [0.1, 0.15) is 0 Å². The lowest BCUT2D eigenvalue weighted by atomic mass is 9.85. The van der Waals surface area contributed by atoms with Crippen molar-refractivity contribution in [3.63, 3.8) is 0 Å². The number of aromatic nitrogens is 4. The molecule has 0 spiro atoms. The van der Waals surface area contributed by atoms with Crippen LogP contribution >= 0.6 is 0 Å². The molecule has 0 aliphatic heterocycles. The molecule has 3 aromatic rings. The fourth-order valence-electron chi connectivity index (χ4n) is 4.80. The van der Waals surface area contributed by atoms with Gasteiger partial charge in [-0.15, -0.1) is 0 Å². The predicted octanol–water partition coefficient (Wildman–Crippen LogP) is 6.68. The van der Waals surface area contributed by atoms with Crippen LogP contribution in [-0.2, 0) is 17.1 Å². The van der Waals surface area contributed by atoms with Crippen molar-refractivity contribution < 1.29 is 31.4 Å². The molecule has 39 heavy (non-hydrogen) atoms. The average molecular weight is 550 g/mol. The monoisotopic (exact) mass is 549 g/mol. The average Bonchev–Trinajstić information content (AvgIpc) is 3.41. The Labute approximate surface area is 223 Å². The molecule has 0 bridgehead atoms. The van der Waals surface area contributed by atoms with Gasteiger partial charge in [-0.3, -0.25) is 4.79 Å². The van der Waals surface area contributed by atoms with Crippen LogP contribution in [0.4, 0.5) is 23.2 Å². The minimum Gasteiger partial charge on any atom is -0.334 e. The van der Waals surface area contributed by atoms with Crippen molar-refractivity contribution in [2.45, 2.75) is 88.9 Å². The minimum absolute atomic E-state index is 0.138. The van der Waals surface area contributed by atoms with E-state index in [0.717, 1.165) is 12.8 Å². The third-order valence-electron chi connectivity index (χ3n) is 7.25. The Kier molecular flexibility index (Phi) is 7.73. The van der Waals surface area contributed by atoms with Crippen LogP contribution in [0.5, 0.6) is 0 Å². The van der Waals surface area contributed by atoms with Gasteiger partial charge in [-0.25, -0.2) is 8.78 Å². The number of hydrogen-bond donors (Lipinski definition) is 0. The lowest BCUT2D eigenvalue weighted by Gasteiger charge is -2.32. The van der Waals surface area contributed by atoms with Gasteiger partial charge in [-0.05, 0) is 56.7 Å². The number of unbranched alkanes of at least 4 members (excludes halogenated alkanes) is 2. The van der Waals surface area contributed by atoms with Crippen LogP contribution in [0.25, 0.3) is 11.5 Å². The highest BCUT2D eigenvalue weighted by atomic mass is 19.3. The van der Waals surface area contributed by atoms with Crippen molar-refractivity contribution in [1.82, 2.24) is 20.3 Å². The first-order valence-electron chi connectivity index (χ1n) is 13.4. The Bertz CT molecular complexity index is 1270. The highest BCUT2D eigenvalue weighted by molar-refractivity contribution is 5.95. The zero-order valence-corrected chi connectivity index (χ0v) is 21.7. The number of hydrogen-bond acceptors (Lipinski definition) is 7. The van der Waals surface area contributed by atoms with Crippen LogP contribution in [0.3, 0.4) is 0 Å². The molecule has 2 fully saturated rings. The van der Waals surface area contributed by atoms with Crippen LogP contribution in [0.15, 0.2) is 33.3 Å². The number of alkyl halides is 4. The number of benzene rings is 1. The van der Waals surface area contributed by atoms with Crippen LogP contribution in [0, 0.1) is 5.92 Å². The first-order valence-corrected chi connectivity index (χ1v) is 13.4. The van der Waals surface area contributed by atoms with Crippen LogP contribution in [-0.4, -0.2) is 38.7 Å². The maximum absolute atomic E-state index is 13.8. The van der Waals surface area contributed by atoms with Crippen LogP contribution < -0.4 is 4.90 Å². The molecule has 2 aromatic heterocycles. The zero-order valence-electron chi connectivity index (χ0n) is 21.7. The number of nitrogens with zero attached hydrogens (tertiary/aromatic N) is 5. The minimum atomic E-state index is -3.19. The van der Waals surface area contributed by atoms with Crippen molar-refractivity contribution in [2.24, 2.45) is 5.92 Å². The van der Waals surface area contributed by atoms with Crippen molar-refractivity contribution >= 4 is 11.6 Å². The van der Waals surface area contributed by atoms with Gasteiger partial charge >= 0.3 is 5.92 Å². The highest BCUT2D eigenvalue weighted by Crippen LogP contribution is 2.40. The van der Waals surface area contributed by atoms with Gasteiger partial charge in [0.25, 0.3) is 11.8 Å². The number of halogens is 4. The van der Waals surface area contributed by atoms with Gasteiger partial charge in [0.15, 0.2) is 11.6 Å². The van der Waals surface area contributed by atoms with E-state index >= 15 is 0 Å². The highest BCUT2D eigenvalue weighted by Gasteiger charge is 2.39. The molecule has 0 N–H and O–H groups in total. The summed E-state index contributed by atoms with van der Waals surface area (Å²) in [5.41, 5.74) is 1.31. The van der Waals surface area contributed by atoms with Gasteiger partial charge in [0.2, 0.25) is 11.8 Å². The quantitative estimate of drug-likeness (QED) is 0.194. The number of carbonyl (C=O) groups is 1. The summed E-state index contributed by atoms with van der Waals surface area (Å²) >= 11 is 0. The Morgan fingerprint density at radius 2 is 1.82 bits per heavy atom. The first-order chi connectivity index (χ1) is 18.6. The van der Waals surface area contributed by atoms with Gasteiger partial charge in [0, 0.05) is 55.8 Å². The summed E-state index contributed by atoms with van der Waals surface area (Å²) in [6, 6.07) is 7.25. The molecule has 2 aliphatic carbocycles. The van der Waals surface area contributed by atoms with E-state index < -0.39 is 23.7 Å². The fourth-order valence-corrected chi connectivity index (χ4v) is 4.80. The topological polar surface area (TPSA) is 98.2 Å². The third-order valence-corrected chi connectivity index (χ3v) is 7.25. The molecule has 0 radical (unpaired) electrons. The van der Waals surface area contributed by atoms with Gasteiger partial charge < -0.3 is 13.9 Å². The molecule has 8 nitrogen and oxygen atoms in total. The lowest BCUT2D eigenvalue weighted by molar-refractivity contribution is -0.126. The summed E-state index contributed by atoms with van der Waals surface area (Å²) in [4.78, 5) is 23.5. The molecule has 1 amide bonds. The van der Waals surface area contributed by atoms with E-state index in [1.165, 1.54) is 0 Å². The molecule has 5 rings (SSSR count). The molecule has 1 aromatic carbocycles. The molecule has 12 heteroatoms. The lowest BCUT2D eigenvalue weighted by Crippen LogP contribution is -2.40. The van der Waals surface area contributed by atoms with E-state index in [-0.39, 0.29) is 37.4 Å². The standard InChI is InChI=1S/C27H31F4N5O3/c1-26(28,29)25-32-21(34-39-25)8-3-2-4-15-36(24(37)18-11-13-27(30,31)14-12-18)20-7-5-6-19(16-20)23-33-22(35-38-23)17-9-10-17/h5-7,16-18H,2-4,8-15H2,1H3. The van der Waals surface area contributed by atoms with E-state index in [1.807, 2.05) is 18.2 Å². The molecule has 0 unspecified atom stereocenters. The van der Waals surface area contributed by atoms with E-state index in [1.54, 1.807) is 11.0 Å². The van der Waals surface area contributed by atoms with E-state index in [2.05, 4.69) is 24.8 Å². The van der Waals surface area contributed by atoms with E-state index in [4.69, 9.17) is 4.52 Å². The van der Waals surface area contributed by atoms with Crippen molar-refractivity contribution in [2.75, 3.05) is 11.4 Å². The summed E-state index contributed by atoms with van der Waals surface area (Å²) in [6.07, 6.45) is 4.02. The normalized spacial score (nSPS) is 17.9. The van der Waals surface area contributed by atoms with Gasteiger partial charge in [-0.1, -0.05) is 22.8 Å². The summed E-state index contributed by atoms with van der Waals surface area (Å²) in [6.45, 7) is 1.07. The number of carbonyl (C=O) groups excluding carboxylic acids is 1. The summed E-state index contributed by atoms with van der Waals surface area (Å²) in [5.74, 6) is -5.68. The van der Waals surface area contributed by atoms with Gasteiger partial charge in [-0.2, -0.15) is 18.7 Å². The molecular weight excluding hydrogens is 518 g/mol. The first kappa shape index (κ1) is 27.3. The fraction of sp³-hybridized carbons (Fsp3) is 0.593. The molecule has 0 saturated heterocycles. The smallest absolute Gasteiger partial charge is 0.322 e. The molecular formula is C27H31F4N5O3. The van der Waals surface area contributed by atoms with Crippen molar-refractivity contribution in [1.29, 1.82) is 0 Å². The number of anilines is 1. The second kappa shape index (κ2) is 11.1. The molecule has 2 saturated carbocycles. The maximum atomic E-state index is 13.8. The maximum Gasteiger partial charge on any atom is 0.322 e. The molecule has 0 atom stereocenters. The Morgan fingerprint density at radius 3 is 2.51 bits per heavy atom. The summed E-state index contributed by atoms with van der Waals surface area (Å²) < 4.78 is 64.2. The second-order valence-electron chi connectivity index (χ2n) is 10.6. The molecule has 210 valence electrons. The number of rotatable bonds is 11. The van der Waals surface area contributed by atoms with E-state index in [0.29, 0.717) is 68.0 Å². The van der Waals surface area contributed by atoms with E-state index in [9.17, 15) is 22.4 Å². The second-order valence-corrected chi connectivity index (χ2v) is 10.6. The zero-order chi connectivity index (χ0) is 27.6. The van der Waals surface area contributed by atoms with Gasteiger partial charge in [0.05, 0.1) is 0 Å². The third kappa shape index (κ3) is 6.83. The number of amides is 1. The molecule has 2 aliphatic rings. The Balaban J connectivity index is 1.25. The predicted molar refractivity (Wildman–Crippen MR) is 132 cm³/mol. The Hall–Kier alpha value is -3.31. The van der Waals surface area contributed by atoms with Crippen molar-refractivity contribution in [3.05, 3.63) is 41.8 Å². The number of aryl methyl sites for hydroxylation is 1. The van der Waals surface area contributed by atoms with Crippen LogP contribution in [0.1, 0.15) is 88.2 Å². The van der Waals surface area contributed by atoms with Crippen molar-refractivity contribution in [3.8, 4) is 11.5 Å². The van der Waals surface area contributed by atoms with Crippen LogP contribution in [0.2, 0.25) is 0 Å². The SMILES string of the molecule is CC(F)(F)c1nc(CCCCCN(C(=O)C2CCC(F)(F)CC2)c2cccc(-c3nc(C4CC4)no3)c2)no1. The summed E-state index contributed by atoms with van der Waals surface area (Å²) in [7, 11) is 0. The summed E-state index contributed by atoms with van der Waals surface area (Å²) in [5, 5.41) is 7.67.